The average molecular weight is 324 g/mol. The van der Waals surface area contributed by atoms with Crippen molar-refractivity contribution in [2.45, 2.75) is 20.0 Å². The van der Waals surface area contributed by atoms with E-state index in [1.807, 2.05) is 17.0 Å². The van der Waals surface area contributed by atoms with E-state index in [4.69, 9.17) is 5.11 Å². The van der Waals surface area contributed by atoms with Crippen LogP contribution in [-0.4, -0.2) is 40.0 Å². The fraction of sp³-hybridized carbons (Fsp3) is 0.263. The van der Waals surface area contributed by atoms with Crippen LogP contribution in [0.5, 0.6) is 0 Å². The zero-order valence-electron chi connectivity index (χ0n) is 13.6. The molecule has 2 amide bonds. The second kappa shape index (κ2) is 6.74. The van der Waals surface area contributed by atoms with Gasteiger partial charge in [-0.25, -0.2) is 9.59 Å². The minimum atomic E-state index is -0.941. The van der Waals surface area contributed by atoms with Crippen LogP contribution in [0.1, 0.15) is 27.0 Å². The summed E-state index contributed by atoms with van der Waals surface area (Å²) in [5.41, 5.74) is 3.55. The molecule has 0 bridgehead atoms. The van der Waals surface area contributed by atoms with E-state index in [2.05, 4.69) is 19.1 Å². The first-order valence-corrected chi connectivity index (χ1v) is 7.95. The maximum absolute atomic E-state index is 12.6. The molecule has 5 heteroatoms. The number of hydrogen-bond donors (Lipinski definition) is 1. The lowest BCUT2D eigenvalue weighted by atomic mass is 10.1. The molecule has 1 aliphatic rings. The summed E-state index contributed by atoms with van der Waals surface area (Å²) in [5, 5.41) is 8.93. The highest BCUT2D eigenvalue weighted by Gasteiger charge is 2.28. The Balaban J connectivity index is 1.63. The number of aryl methyl sites for hydroxylation is 1. The van der Waals surface area contributed by atoms with Gasteiger partial charge in [0, 0.05) is 26.2 Å². The van der Waals surface area contributed by atoms with Crippen LogP contribution in [0.2, 0.25) is 0 Å². The molecule has 1 N–H and O–H groups in total. The molecule has 1 aliphatic heterocycles. The number of benzene rings is 2. The maximum atomic E-state index is 12.6. The Morgan fingerprint density at radius 2 is 1.62 bits per heavy atom. The summed E-state index contributed by atoms with van der Waals surface area (Å²) in [6.45, 7) is 4.58. The van der Waals surface area contributed by atoms with Gasteiger partial charge in [0.2, 0.25) is 0 Å². The quantitative estimate of drug-likeness (QED) is 0.919. The number of carbonyl (C=O) groups excluding carboxylic acids is 1. The summed E-state index contributed by atoms with van der Waals surface area (Å²) < 4.78 is 0. The molecule has 0 spiro atoms. The molecule has 0 saturated carbocycles. The van der Waals surface area contributed by atoms with Crippen molar-refractivity contribution >= 4 is 12.0 Å². The van der Waals surface area contributed by atoms with E-state index in [0.29, 0.717) is 26.2 Å². The van der Waals surface area contributed by atoms with Crippen LogP contribution >= 0.6 is 0 Å². The Morgan fingerprint density at radius 3 is 2.25 bits per heavy atom. The highest BCUT2D eigenvalue weighted by Crippen LogP contribution is 2.18. The lowest BCUT2D eigenvalue weighted by Gasteiger charge is -2.19. The first kappa shape index (κ1) is 16.1. The van der Waals surface area contributed by atoms with E-state index < -0.39 is 5.97 Å². The first-order valence-electron chi connectivity index (χ1n) is 7.95. The molecule has 0 atom stereocenters. The topological polar surface area (TPSA) is 60.9 Å². The number of hydrogen-bond acceptors (Lipinski definition) is 2. The van der Waals surface area contributed by atoms with Crippen molar-refractivity contribution < 1.29 is 14.7 Å². The summed E-state index contributed by atoms with van der Waals surface area (Å²) in [7, 11) is 0. The number of urea groups is 1. The summed E-state index contributed by atoms with van der Waals surface area (Å²) in [6, 6.07) is 14.8. The van der Waals surface area contributed by atoms with Gasteiger partial charge in [-0.05, 0) is 35.7 Å². The Labute approximate surface area is 141 Å². The number of carboxylic acid groups (broad SMARTS) is 1. The van der Waals surface area contributed by atoms with Crippen molar-refractivity contribution in [3.8, 4) is 0 Å². The second-order valence-corrected chi connectivity index (χ2v) is 6.05. The molecule has 0 unspecified atom stereocenters. The smallest absolute Gasteiger partial charge is 0.335 e. The van der Waals surface area contributed by atoms with Gasteiger partial charge in [0.25, 0.3) is 0 Å². The lowest BCUT2D eigenvalue weighted by molar-refractivity contribution is 0.0697. The molecule has 5 nitrogen and oxygen atoms in total. The van der Waals surface area contributed by atoms with Gasteiger partial charge >= 0.3 is 12.0 Å². The van der Waals surface area contributed by atoms with Crippen LogP contribution in [0.25, 0.3) is 0 Å². The van der Waals surface area contributed by atoms with Crippen molar-refractivity contribution in [2.75, 3.05) is 13.1 Å². The van der Waals surface area contributed by atoms with Crippen LogP contribution in [-0.2, 0) is 13.1 Å². The van der Waals surface area contributed by atoms with E-state index in [1.165, 1.54) is 11.1 Å². The van der Waals surface area contributed by atoms with Crippen LogP contribution in [0.4, 0.5) is 4.79 Å². The van der Waals surface area contributed by atoms with Crippen molar-refractivity contribution in [3.05, 3.63) is 70.8 Å². The minimum absolute atomic E-state index is 0.0283. The highest BCUT2D eigenvalue weighted by molar-refractivity contribution is 5.87. The highest BCUT2D eigenvalue weighted by atomic mass is 16.4. The Hall–Kier alpha value is -2.82. The van der Waals surface area contributed by atoms with Crippen molar-refractivity contribution in [3.63, 3.8) is 0 Å². The molecular formula is C19H20N2O3. The standard InChI is InChI=1S/C19H20N2O3/c1-14-4-2-3-5-17(14)13-21-11-10-20(19(21)24)12-15-6-8-16(9-7-15)18(22)23/h2-9H,10-13H2,1H3,(H,22,23). The molecule has 0 aromatic heterocycles. The van der Waals surface area contributed by atoms with Crippen molar-refractivity contribution in [1.29, 1.82) is 0 Å². The number of carboxylic acids is 1. The Kier molecular flexibility index (Phi) is 4.51. The van der Waals surface area contributed by atoms with Crippen molar-refractivity contribution in [1.82, 2.24) is 9.80 Å². The van der Waals surface area contributed by atoms with E-state index in [0.717, 1.165) is 5.56 Å². The number of amides is 2. The molecule has 0 radical (unpaired) electrons. The zero-order chi connectivity index (χ0) is 17.1. The molecular weight excluding hydrogens is 304 g/mol. The van der Waals surface area contributed by atoms with Gasteiger partial charge in [0.05, 0.1) is 5.56 Å². The number of nitrogens with zero attached hydrogens (tertiary/aromatic N) is 2. The van der Waals surface area contributed by atoms with E-state index in [9.17, 15) is 9.59 Å². The van der Waals surface area contributed by atoms with Gasteiger partial charge < -0.3 is 14.9 Å². The summed E-state index contributed by atoms with van der Waals surface area (Å²) >= 11 is 0. The fourth-order valence-corrected chi connectivity index (χ4v) is 2.89. The first-order chi connectivity index (χ1) is 11.5. The molecule has 24 heavy (non-hydrogen) atoms. The van der Waals surface area contributed by atoms with Crippen LogP contribution in [0, 0.1) is 6.92 Å². The van der Waals surface area contributed by atoms with E-state index in [1.54, 1.807) is 29.2 Å². The third-order valence-electron chi connectivity index (χ3n) is 4.38. The van der Waals surface area contributed by atoms with Gasteiger partial charge in [-0.1, -0.05) is 36.4 Å². The number of aromatic carboxylic acids is 1. The average Bonchev–Trinajstić information content (AvgIpc) is 2.91. The van der Waals surface area contributed by atoms with Crippen LogP contribution < -0.4 is 0 Å². The molecule has 1 heterocycles. The maximum Gasteiger partial charge on any atom is 0.335 e. The molecule has 1 saturated heterocycles. The Bertz CT molecular complexity index is 755. The van der Waals surface area contributed by atoms with Gasteiger partial charge in [-0.2, -0.15) is 0 Å². The largest absolute Gasteiger partial charge is 0.478 e. The Morgan fingerprint density at radius 1 is 1.00 bits per heavy atom. The fourth-order valence-electron chi connectivity index (χ4n) is 2.89. The predicted molar refractivity (Wildman–Crippen MR) is 90.8 cm³/mol. The van der Waals surface area contributed by atoms with E-state index >= 15 is 0 Å². The van der Waals surface area contributed by atoms with Gasteiger partial charge in [-0.3, -0.25) is 0 Å². The van der Waals surface area contributed by atoms with Crippen LogP contribution in [0.15, 0.2) is 48.5 Å². The zero-order valence-corrected chi connectivity index (χ0v) is 13.6. The summed E-state index contributed by atoms with van der Waals surface area (Å²) in [4.78, 5) is 27.1. The molecule has 0 aliphatic carbocycles. The summed E-state index contributed by atoms with van der Waals surface area (Å²) in [6.07, 6.45) is 0. The van der Waals surface area contributed by atoms with Gasteiger partial charge in [0.1, 0.15) is 0 Å². The van der Waals surface area contributed by atoms with Gasteiger partial charge in [-0.15, -0.1) is 0 Å². The second-order valence-electron chi connectivity index (χ2n) is 6.05. The predicted octanol–water partition coefficient (Wildman–Crippen LogP) is 3.13. The molecule has 1 fully saturated rings. The van der Waals surface area contributed by atoms with Crippen molar-refractivity contribution in [2.24, 2.45) is 0 Å². The van der Waals surface area contributed by atoms with Gasteiger partial charge in [0.15, 0.2) is 0 Å². The third kappa shape index (κ3) is 3.40. The minimum Gasteiger partial charge on any atom is -0.478 e. The lowest BCUT2D eigenvalue weighted by Crippen LogP contribution is -2.31. The molecule has 124 valence electrons. The van der Waals surface area contributed by atoms with E-state index in [-0.39, 0.29) is 11.6 Å². The SMILES string of the molecule is Cc1ccccc1CN1CCN(Cc2ccc(C(=O)O)cc2)C1=O. The number of rotatable bonds is 5. The van der Waals surface area contributed by atoms with Crippen LogP contribution in [0.3, 0.4) is 0 Å². The molecule has 2 aromatic carbocycles. The third-order valence-corrected chi connectivity index (χ3v) is 4.38. The normalized spacial score (nSPS) is 14.3. The number of carbonyl (C=O) groups is 2. The summed E-state index contributed by atoms with van der Waals surface area (Å²) in [5.74, 6) is -0.941. The monoisotopic (exact) mass is 324 g/mol. The molecule has 3 rings (SSSR count). The molecule has 2 aromatic rings.